The minimum atomic E-state index is -0.250. The van der Waals surface area contributed by atoms with Gasteiger partial charge >= 0.3 is 6.03 Å². The van der Waals surface area contributed by atoms with Crippen LogP contribution in [-0.4, -0.2) is 66.2 Å². The molecule has 4 N–H and O–H groups in total. The second-order valence-corrected chi connectivity index (χ2v) is 6.20. The van der Waals surface area contributed by atoms with Gasteiger partial charge < -0.3 is 26.0 Å². The van der Waals surface area contributed by atoms with Crippen LogP contribution in [0.1, 0.15) is 32.3 Å². The van der Waals surface area contributed by atoms with Crippen molar-refractivity contribution in [2.45, 2.75) is 39.2 Å². The Morgan fingerprint density at radius 3 is 2.27 bits per heavy atom. The van der Waals surface area contributed by atoms with Crippen molar-refractivity contribution in [1.82, 2.24) is 9.80 Å². The van der Waals surface area contributed by atoms with Crippen LogP contribution >= 0.6 is 0 Å². The number of nitrogens with zero attached hydrogens (tertiary/aromatic N) is 2. The summed E-state index contributed by atoms with van der Waals surface area (Å²) < 4.78 is 0. The SMILES string of the molecule is CCN(CC)C(=O)N1CCC(Nc2ccc(CCN)cc2)CC1.O=CO. The molecule has 1 aromatic carbocycles. The molecular formula is C19H32N4O3. The molecule has 0 saturated carbocycles. The number of piperidine rings is 1. The second kappa shape index (κ2) is 12.1. The van der Waals surface area contributed by atoms with Gasteiger partial charge in [-0.1, -0.05) is 12.1 Å². The van der Waals surface area contributed by atoms with Crippen LogP contribution in [0.2, 0.25) is 0 Å². The number of nitrogens with two attached hydrogens (primary N) is 1. The number of rotatable bonds is 6. The molecule has 1 aliphatic heterocycles. The van der Waals surface area contributed by atoms with E-state index in [0.717, 1.165) is 51.1 Å². The van der Waals surface area contributed by atoms with Crippen LogP contribution in [0.25, 0.3) is 0 Å². The Labute approximate surface area is 156 Å². The minimum absolute atomic E-state index is 0.180. The lowest BCUT2D eigenvalue weighted by molar-refractivity contribution is -0.122. The minimum Gasteiger partial charge on any atom is -0.483 e. The lowest BCUT2D eigenvalue weighted by Crippen LogP contribution is -2.48. The van der Waals surface area contributed by atoms with Crippen LogP contribution in [0.4, 0.5) is 10.5 Å². The number of carboxylic acid groups (broad SMARTS) is 1. The highest BCUT2D eigenvalue weighted by atomic mass is 16.3. The van der Waals surface area contributed by atoms with E-state index >= 15 is 0 Å². The third kappa shape index (κ3) is 6.92. The molecule has 2 rings (SSSR count). The maximum absolute atomic E-state index is 12.3. The van der Waals surface area contributed by atoms with E-state index < -0.39 is 0 Å². The van der Waals surface area contributed by atoms with Crippen LogP contribution in [0, 0.1) is 0 Å². The van der Waals surface area contributed by atoms with Crippen LogP contribution < -0.4 is 11.1 Å². The highest BCUT2D eigenvalue weighted by Gasteiger charge is 2.24. The van der Waals surface area contributed by atoms with Crippen molar-refractivity contribution in [2.24, 2.45) is 5.73 Å². The van der Waals surface area contributed by atoms with Gasteiger partial charge in [-0.25, -0.2) is 4.79 Å². The molecule has 0 unspecified atom stereocenters. The molecule has 0 spiro atoms. The summed E-state index contributed by atoms with van der Waals surface area (Å²) in [6.45, 7) is 7.72. The zero-order chi connectivity index (χ0) is 19.4. The van der Waals surface area contributed by atoms with E-state index in [1.165, 1.54) is 5.56 Å². The monoisotopic (exact) mass is 364 g/mol. The van der Waals surface area contributed by atoms with Gasteiger partial charge in [-0.2, -0.15) is 0 Å². The van der Waals surface area contributed by atoms with Crippen molar-refractivity contribution in [2.75, 3.05) is 38.0 Å². The zero-order valence-corrected chi connectivity index (χ0v) is 15.9. The molecule has 0 atom stereocenters. The molecule has 0 bridgehead atoms. The van der Waals surface area contributed by atoms with Gasteiger partial charge in [-0.3, -0.25) is 4.79 Å². The summed E-state index contributed by atoms with van der Waals surface area (Å²) in [6.07, 6.45) is 2.92. The van der Waals surface area contributed by atoms with Gasteiger partial charge in [-0.15, -0.1) is 0 Å². The molecule has 0 aliphatic carbocycles. The molecular weight excluding hydrogens is 332 g/mol. The molecule has 1 aromatic rings. The normalized spacial score (nSPS) is 14.2. The third-order valence-electron chi connectivity index (χ3n) is 4.56. The largest absolute Gasteiger partial charge is 0.483 e. The van der Waals surface area contributed by atoms with Gasteiger partial charge in [0.25, 0.3) is 6.47 Å². The highest BCUT2D eigenvalue weighted by molar-refractivity contribution is 5.74. The van der Waals surface area contributed by atoms with Gasteiger partial charge in [0, 0.05) is 37.9 Å². The number of nitrogens with one attached hydrogen (secondary N) is 1. The first-order valence-corrected chi connectivity index (χ1v) is 9.26. The third-order valence-corrected chi connectivity index (χ3v) is 4.56. The highest BCUT2D eigenvalue weighted by Crippen LogP contribution is 2.18. The number of carbonyl (C=O) groups is 2. The number of carbonyl (C=O) groups excluding carboxylic acids is 1. The van der Waals surface area contributed by atoms with Crippen molar-refractivity contribution in [3.63, 3.8) is 0 Å². The average Bonchev–Trinajstić information content (AvgIpc) is 2.66. The molecule has 7 nitrogen and oxygen atoms in total. The summed E-state index contributed by atoms with van der Waals surface area (Å²) in [7, 11) is 0. The second-order valence-electron chi connectivity index (χ2n) is 6.20. The number of benzene rings is 1. The standard InChI is InChI=1S/C18H30N4O.CH2O2/c1-3-21(4-2)18(23)22-13-10-17(11-14-22)20-16-7-5-15(6-8-16)9-12-19;2-1-3/h5-8,17,20H,3-4,9-14,19H2,1-2H3;1H,(H,2,3). The smallest absolute Gasteiger partial charge is 0.319 e. The molecule has 1 fully saturated rings. The summed E-state index contributed by atoms with van der Waals surface area (Å²) in [5, 5.41) is 10.5. The molecule has 1 heterocycles. The fraction of sp³-hybridized carbons (Fsp3) is 0.579. The van der Waals surface area contributed by atoms with Crippen LogP contribution in [0.15, 0.2) is 24.3 Å². The van der Waals surface area contributed by atoms with Crippen molar-refractivity contribution in [3.05, 3.63) is 29.8 Å². The van der Waals surface area contributed by atoms with Crippen LogP contribution in [0.5, 0.6) is 0 Å². The Morgan fingerprint density at radius 2 is 1.81 bits per heavy atom. The van der Waals surface area contributed by atoms with Gasteiger partial charge in [0.1, 0.15) is 0 Å². The van der Waals surface area contributed by atoms with E-state index in [1.807, 2.05) is 23.6 Å². The van der Waals surface area contributed by atoms with Crippen molar-refractivity contribution < 1.29 is 14.7 Å². The van der Waals surface area contributed by atoms with E-state index in [4.69, 9.17) is 15.6 Å². The van der Waals surface area contributed by atoms with Crippen LogP contribution in [0.3, 0.4) is 0 Å². The van der Waals surface area contributed by atoms with Gasteiger partial charge in [-0.05, 0) is 57.4 Å². The summed E-state index contributed by atoms with van der Waals surface area (Å²) in [5.74, 6) is 0. The maximum Gasteiger partial charge on any atom is 0.319 e. The van der Waals surface area contributed by atoms with E-state index in [1.54, 1.807) is 0 Å². The number of hydrogen-bond acceptors (Lipinski definition) is 4. The average molecular weight is 364 g/mol. The Bertz CT molecular complexity index is 524. The first-order valence-electron chi connectivity index (χ1n) is 9.26. The number of urea groups is 1. The van der Waals surface area contributed by atoms with Crippen LogP contribution in [-0.2, 0) is 11.2 Å². The summed E-state index contributed by atoms with van der Waals surface area (Å²) in [4.78, 5) is 24.6. The van der Waals surface area contributed by atoms with Gasteiger partial charge in [0.05, 0.1) is 0 Å². The van der Waals surface area contributed by atoms with Crippen molar-refractivity contribution in [1.29, 1.82) is 0 Å². The molecule has 2 amide bonds. The summed E-state index contributed by atoms with van der Waals surface area (Å²) in [6, 6.07) is 9.13. The lowest BCUT2D eigenvalue weighted by Gasteiger charge is -2.35. The molecule has 7 heteroatoms. The molecule has 0 aromatic heterocycles. The fourth-order valence-corrected chi connectivity index (χ4v) is 3.08. The Balaban J connectivity index is 0.00000105. The van der Waals surface area contributed by atoms with Gasteiger partial charge in [0.15, 0.2) is 0 Å². The Hall–Kier alpha value is -2.28. The van der Waals surface area contributed by atoms with E-state index in [9.17, 15) is 4.79 Å². The van der Waals surface area contributed by atoms with Crippen molar-refractivity contribution >= 4 is 18.2 Å². The molecule has 146 valence electrons. The maximum atomic E-state index is 12.3. The summed E-state index contributed by atoms with van der Waals surface area (Å²) in [5.41, 5.74) is 8.00. The molecule has 1 saturated heterocycles. The topological polar surface area (TPSA) is 98.9 Å². The first-order chi connectivity index (χ1) is 12.6. The molecule has 0 radical (unpaired) electrons. The van der Waals surface area contributed by atoms with E-state index in [0.29, 0.717) is 12.6 Å². The number of amides is 2. The Kier molecular flexibility index (Phi) is 10.2. The molecule has 1 aliphatic rings. The predicted molar refractivity (Wildman–Crippen MR) is 104 cm³/mol. The lowest BCUT2D eigenvalue weighted by atomic mass is 10.0. The zero-order valence-electron chi connectivity index (χ0n) is 15.9. The molecule has 26 heavy (non-hydrogen) atoms. The summed E-state index contributed by atoms with van der Waals surface area (Å²) >= 11 is 0. The van der Waals surface area contributed by atoms with E-state index in [2.05, 4.69) is 29.6 Å². The number of hydrogen-bond donors (Lipinski definition) is 3. The predicted octanol–water partition coefficient (Wildman–Crippen LogP) is 2.23. The number of likely N-dealkylation sites (tertiary alicyclic amines) is 1. The van der Waals surface area contributed by atoms with Crippen molar-refractivity contribution in [3.8, 4) is 0 Å². The van der Waals surface area contributed by atoms with E-state index in [-0.39, 0.29) is 12.5 Å². The first kappa shape index (κ1) is 21.8. The fourth-order valence-electron chi connectivity index (χ4n) is 3.08. The quantitative estimate of drug-likeness (QED) is 0.672. The van der Waals surface area contributed by atoms with Gasteiger partial charge in [0.2, 0.25) is 0 Å². The Morgan fingerprint density at radius 1 is 1.27 bits per heavy atom. The number of anilines is 1.